The van der Waals surface area contributed by atoms with Crippen molar-refractivity contribution in [1.29, 1.82) is 0 Å². The number of methoxy groups -OCH3 is 1. The van der Waals surface area contributed by atoms with Crippen molar-refractivity contribution in [3.05, 3.63) is 42.8 Å². The Kier molecular flexibility index (Phi) is 3.16. The molecule has 3 rings (SSSR count). The number of benzene rings is 1. The molecule has 0 amide bonds. The van der Waals surface area contributed by atoms with Gasteiger partial charge in [0, 0.05) is 0 Å². The first-order chi connectivity index (χ1) is 9.79. The lowest BCUT2D eigenvalue weighted by molar-refractivity contribution is 0.336. The minimum Gasteiger partial charge on any atom is -0.496 e. The first-order valence-corrected chi connectivity index (χ1v) is 6.10. The minimum absolute atomic E-state index is 0.173. The second-order valence-corrected chi connectivity index (χ2v) is 4.21. The zero-order chi connectivity index (χ0) is 13.9. The van der Waals surface area contributed by atoms with Crippen LogP contribution in [-0.4, -0.2) is 32.0 Å². The van der Waals surface area contributed by atoms with Crippen molar-refractivity contribution in [3.8, 4) is 17.1 Å². The predicted molar refractivity (Wildman–Crippen MR) is 70.1 cm³/mol. The van der Waals surface area contributed by atoms with Gasteiger partial charge in [0.25, 0.3) is 5.89 Å². The maximum Gasteiger partial charge on any atom is 0.251 e. The Morgan fingerprint density at radius 1 is 1.30 bits per heavy atom. The number of rotatable bonds is 4. The van der Waals surface area contributed by atoms with E-state index in [4.69, 9.17) is 9.26 Å². The van der Waals surface area contributed by atoms with Crippen LogP contribution in [-0.2, 0) is 0 Å². The minimum atomic E-state index is -0.173. The van der Waals surface area contributed by atoms with Gasteiger partial charge in [0.1, 0.15) is 24.4 Å². The molecule has 0 fully saturated rings. The van der Waals surface area contributed by atoms with Gasteiger partial charge in [-0.3, -0.25) is 0 Å². The smallest absolute Gasteiger partial charge is 0.251 e. The quantitative estimate of drug-likeness (QED) is 0.721. The second-order valence-electron chi connectivity index (χ2n) is 4.21. The first kappa shape index (κ1) is 12.3. The van der Waals surface area contributed by atoms with Crippen molar-refractivity contribution in [3.63, 3.8) is 0 Å². The summed E-state index contributed by atoms with van der Waals surface area (Å²) in [5.74, 6) is 1.66. The summed E-state index contributed by atoms with van der Waals surface area (Å²) < 4.78 is 12.2. The number of hydrogen-bond donors (Lipinski definition) is 0. The third-order valence-electron chi connectivity index (χ3n) is 2.98. The molecule has 3 aromatic rings. The molecule has 2 aromatic heterocycles. The SMILES string of the molecule is COc1ccccc1-c1noc([C@H](C)n2cncn2)n1. The van der Waals surface area contributed by atoms with Gasteiger partial charge in [-0.2, -0.15) is 10.1 Å². The van der Waals surface area contributed by atoms with Gasteiger partial charge in [0.05, 0.1) is 12.7 Å². The first-order valence-electron chi connectivity index (χ1n) is 6.10. The Morgan fingerprint density at radius 2 is 2.15 bits per heavy atom. The van der Waals surface area contributed by atoms with Crippen LogP contribution >= 0.6 is 0 Å². The molecule has 20 heavy (non-hydrogen) atoms. The molecule has 1 atom stereocenters. The maximum absolute atomic E-state index is 5.30. The third-order valence-corrected chi connectivity index (χ3v) is 2.98. The molecule has 7 heteroatoms. The monoisotopic (exact) mass is 271 g/mol. The number of nitrogens with zero attached hydrogens (tertiary/aromatic N) is 5. The summed E-state index contributed by atoms with van der Waals surface area (Å²) in [6.07, 6.45) is 3.08. The molecule has 0 N–H and O–H groups in total. The fourth-order valence-electron chi connectivity index (χ4n) is 1.87. The van der Waals surface area contributed by atoms with Crippen molar-refractivity contribution < 1.29 is 9.26 Å². The summed E-state index contributed by atoms with van der Waals surface area (Å²) in [7, 11) is 1.61. The Balaban J connectivity index is 1.94. The summed E-state index contributed by atoms with van der Waals surface area (Å²) in [6.45, 7) is 1.91. The van der Waals surface area contributed by atoms with Crippen LogP contribution in [0.2, 0.25) is 0 Å². The van der Waals surface area contributed by atoms with Crippen LogP contribution in [0, 0.1) is 0 Å². The van der Waals surface area contributed by atoms with Crippen molar-refractivity contribution in [2.45, 2.75) is 13.0 Å². The highest BCUT2D eigenvalue weighted by atomic mass is 16.5. The Labute approximate surface area is 115 Å². The topological polar surface area (TPSA) is 78.9 Å². The van der Waals surface area contributed by atoms with E-state index in [2.05, 4.69) is 20.2 Å². The van der Waals surface area contributed by atoms with E-state index in [-0.39, 0.29) is 6.04 Å². The molecule has 0 aliphatic heterocycles. The van der Waals surface area contributed by atoms with Crippen LogP contribution in [0.1, 0.15) is 18.9 Å². The molecule has 0 bridgehead atoms. The van der Waals surface area contributed by atoms with E-state index in [9.17, 15) is 0 Å². The summed E-state index contributed by atoms with van der Waals surface area (Å²) >= 11 is 0. The number of para-hydroxylation sites is 1. The highest BCUT2D eigenvalue weighted by Crippen LogP contribution is 2.28. The van der Waals surface area contributed by atoms with Gasteiger partial charge in [-0.1, -0.05) is 17.3 Å². The van der Waals surface area contributed by atoms with E-state index in [1.54, 1.807) is 18.1 Å². The Bertz CT molecular complexity index is 692. The second kappa shape index (κ2) is 5.12. The predicted octanol–water partition coefficient (Wildman–Crippen LogP) is 1.95. The van der Waals surface area contributed by atoms with Crippen LogP contribution in [0.4, 0.5) is 0 Å². The highest BCUT2D eigenvalue weighted by Gasteiger charge is 2.18. The lowest BCUT2D eigenvalue weighted by Gasteiger charge is -2.05. The van der Waals surface area contributed by atoms with Crippen LogP contribution in [0.5, 0.6) is 5.75 Å². The van der Waals surface area contributed by atoms with Crippen LogP contribution < -0.4 is 4.74 Å². The molecule has 0 aliphatic carbocycles. The lowest BCUT2D eigenvalue weighted by Crippen LogP contribution is -2.07. The fourth-order valence-corrected chi connectivity index (χ4v) is 1.87. The third kappa shape index (κ3) is 2.13. The number of ether oxygens (including phenoxy) is 1. The van der Waals surface area contributed by atoms with E-state index in [1.165, 1.54) is 6.33 Å². The molecule has 0 saturated carbocycles. The molecule has 0 saturated heterocycles. The highest BCUT2D eigenvalue weighted by molar-refractivity contribution is 5.63. The number of aromatic nitrogens is 5. The molecule has 102 valence electrons. The average molecular weight is 271 g/mol. The lowest BCUT2D eigenvalue weighted by atomic mass is 10.2. The van der Waals surface area contributed by atoms with Crippen molar-refractivity contribution in [1.82, 2.24) is 24.9 Å². The molecular weight excluding hydrogens is 258 g/mol. The van der Waals surface area contributed by atoms with Gasteiger partial charge in [0.15, 0.2) is 0 Å². The summed E-state index contributed by atoms with van der Waals surface area (Å²) in [5, 5.41) is 8.06. The van der Waals surface area contributed by atoms with Gasteiger partial charge in [-0.15, -0.1) is 0 Å². The van der Waals surface area contributed by atoms with Crippen molar-refractivity contribution >= 4 is 0 Å². The Hall–Kier alpha value is -2.70. The van der Waals surface area contributed by atoms with Gasteiger partial charge in [0.2, 0.25) is 5.82 Å². The van der Waals surface area contributed by atoms with E-state index in [0.29, 0.717) is 17.5 Å². The average Bonchev–Trinajstić information content (AvgIpc) is 3.18. The zero-order valence-corrected chi connectivity index (χ0v) is 11.1. The molecule has 0 radical (unpaired) electrons. The van der Waals surface area contributed by atoms with Gasteiger partial charge < -0.3 is 9.26 Å². The molecule has 0 spiro atoms. The molecule has 7 nitrogen and oxygen atoms in total. The molecular formula is C13H13N5O2. The van der Waals surface area contributed by atoms with Crippen molar-refractivity contribution in [2.75, 3.05) is 7.11 Å². The summed E-state index contributed by atoms with van der Waals surface area (Å²) in [5.41, 5.74) is 0.788. The summed E-state index contributed by atoms with van der Waals surface area (Å²) in [6, 6.07) is 7.35. The van der Waals surface area contributed by atoms with Crippen LogP contribution in [0.3, 0.4) is 0 Å². The molecule has 1 aromatic carbocycles. The standard InChI is InChI=1S/C13H13N5O2/c1-9(18-8-14-7-15-18)13-16-12(17-20-13)10-5-3-4-6-11(10)19-2/h3-9H,1-2H3/t9-/m0/s1. The molecule has 0 unspecified atom stereocenters. The normalized spacial score (nSPS) is 12.3. The van der Waals surface area contributed by atoms with E-state index in [0.717, 1.165) is 5.56 Å². The largest absolute Gasteiger partial charge is 0.496 e. The van der Waals surface area contributed by atoms with Crippen molar-refractivity contribution in [2.24, 2.45) is 0 Å². The zero-order valence-electron chi connectivity index (χ0n) is 11.1. The van der Waals surface area contributed by atoms with E-state index in [1.807, 2.05) is 31.2 Å². The molecule has 0 aliphatic rings. The van der Waals surface area contributed by atoms with Crippen LogP contribution in [0.25, 0.3) is 11.4 Å². The van der Waals surface area contributed by atoms with E-state index < -0.39 is 0 Å². The maximum atomic E-state index is 5.30. The van der Waals surface area contributed by atoms with Gasteiger partial charge >= 0.3 is 0 Å². The van der Waals surface area contributed by atoms with E-state index >= 15 is 0 Å². The van der Waals surface area contributed by atoms with Gasteiger partial charge in [-0.05, 0) is 19.1 Å². The van der Waals surface area contributed by atoms with Gasteiger partial charge in [-0.25, -0.2) is 9.67 Å². The fraction of sp³-hybridized carbons (Fsp3) is 0.231. The number of hydrogen-bond acceptors (Lipinski definition) is 6. The summed E-state index contributed by atoms with van der Waals surface area (Å²) in [4.78, 5) is 8.30. The Morgan fingerprint density at radius 3 is 2.90 bits per heavy atom. The van der Waals surface area contributed by atoms with Crippen LogP contribution in [0.15, 0.2) is 41.4 Å². The molecule has 2 heterocycles.